The molecule has 6 heteroatoms. The number of hydrogen-bond donors (Lipinski definition) is 3. The molecule has 0 bridgehead atoms. The van der Waals surface area contributed by atoms with Crippen LogP contribution in [0.2, 0.25) is 0 Å². The van der Waals surface area contributed by atoms with Crippen molar-refractivity contribution in [2.45, 2.75) is 13.8 Å². The summed E-state index contributed by atoms with van der Waals surface area (Å²) in [6, 6.07) is 3.78. The molecule has 98 valence electrons. The van der Waals surface area contributed by atoms with E-state index in [0.29, 0.717) is 0 Å². The Morgan fingerprint density at radius 1 is 1.39 bits per heavy atom. The van der Waals surface area contributed by atoms with Crippen molar-refractivity contribution < 1.29 is 14.0 Å². The van der Waals surface area contributed by atoms with E-state index in [4.69, 9.17) is 11.5 Å². The summed E-state index contributed by atoms with van der Waals surface area (Å²) in [7, 11) is 0. The van der Waals surface area contributed by atoms with Crippen LogP contribution in [0.25, 0.3) is 0 Å². The lowest BCUT2D eigenvalue weighted by Crippen LogP contribution is -2.42. The van der Waals surface area contributed by atoms with Crippen LogP contribution in [0.15, 0.2) is 18.2 Å². The lowest BCUT2D eigenvalue weighted by Gasteiger charge is -2.20. The number of anilines is 1. The van der Waals surface area contributed by atoms with E-state index in [2.05, 4.69) is 5.32 Å². The fourth-order valence-electron chi connectivity index (χ4n) is 1.20. The zero-order chi connectivity index (χ0) is 13.9. The second-order valence-corrected chi connectivity index (χ2v) is 4.67. The first kappa shape index (κ1) is 14.0. The SMILES string of the molecule is CC(C)(CNC(=O)c1ccc(N)cc1F)C(N)=O. The summed E-state index contributed by atoms with van der Waals surface area (Å²) in [5.41, 5.74) is 9.77. The van der Waals surface area contributed by atoms with Gasteiger partial charge in [0.15, 0.2) is 0 Å². The standard InChI is InChI=1S/C12H16FN3O2/c1-12(2,11(15)18)6-16-10(17)8-4-3-7(14)5-9(8)13/h3-5H,6,14H2,1-2H3,(H2,15,18)(H,16,17). The Bertz CT molecular complexity index is 486. The molecule has 0 aliphatic heterocycles. The largest absolute Gasteiger partial charge is 0.399 e. The molecule has 1 aromatic carbocycles. The monoisotopic (exact) mass is 253 g/mol. The van der Waals surface area contributed by atoms with Crippen molar-refractivity contribution in [1.82, 2.24) is 5.32 Å². The van der Waals surface area contributed by atoms with Gasteiger partial charge in [0.25, 0.3) is 5.91 Å². The minimum Gasteiger partial charge on any atom is -0.399 e. The van der Waals surface area contributed by atoms with Crippen molar-refractivity contribution in [1.29, 1.82) is 0 Å². The topological polar surface area (TPSA) is 98.2 Å². The molecule has 0 fully saturated rings. The average Bonchev–Trinajstić information content (AvgIpc) is 2.25. The first-order valence-electron chi connectivity index (χ1n) is 5.37. The van der Waals surface area contributed by atoms with Gasteiger partial charge < -0.3 is 16.8 Å². The fourth-order valence-corrected chi connectivity index (χ4v) is 1.20. The molecule has 0 aliphatic carbocycles. The third kappa shape index (κ3) is 3.19. The molecule has 5 N–H and O–H groups in total. The van der Waals surface area contributed by atoms with Crippen LogP contribution < -0.4 is 16.8 Å². The van der Waals surface area contributed by atoms with Crippen LogP contribution >= 0.6 is 0 Å². The number of nitrogens with two attached hydrogens (primary N) is 2. The molecule has 0 heterocycles. The van der Waals surface area contributed by atoms with E-state index in [9.17, 15) is 14.0 Å². The number of nitrogen functional groups attached to an aromatic ring is 1. The summed E-state index contributed by atoms with van der Waals surface area (Å²) < 4.78 is 13.4. The summed E-state index contributed by atoms with van der Waals surface area (Å²) in [6.07, 6.45) is 0. The Kier molecular flexibility index (Phi) is 3.90. The van der Waals surface area contributed by atoms with Crippen LogP contribution in [0.3, 0.4) is 0 Å². The van der Waals surface area contributed by atoms with E-state index in [0.717, 1.165) is 6.07 Å². The minimum atomic E-state index is -0.889. The summed E-state index contributed by atoms with van der Waals surface area (Å²) in [6.45, 7) is 3.22. The highest BCUT2D eigenvalue weighted by atomic mass is 19.1. The van der Waals surface area contributed by atoms with Gasteiger partial charge in [0.2, 0.25) is 5.91 Å². The summed E-state index contributed by atoms with van der Waals surface area (Å²) in [4.78, 5) is 22.8. The molecule has 5 nitrogen and oxygen atoms in total. The number of nitrogens with one attached hydrogen (secondary N) is 1. The fraction of sp³-hybridized carbons (Fsp3) is 0.333. The predicted octanol–water partition coefficient (Wildman–Crippen LogP) is 0.649. The van der Waals surface area contributed by atoms with Gasteiger partial charge in [0.05, 0.1) is 11.0 Å². The van der Waals surface area contributed by atoms with Crippen molar-refractivity contribution in [3.8, 4) is 0 Å². The Balaban J connectivity index is 2.75. The van der Waals surface area contributed by atoms with Gasteiger partial charge in [-0.15, -0.1) is 0 Å². The van der Waals surface area contributed by atoms with Crippen LogP contribution in [-0.4, -0.2) is 18.4 Å². The molecule has 0 atom stereocenters. The van der Waals surface area contributed by atoms with Crippen LogP contribution in [0.5, 0.6) is 0 Å². The van der Waals surface area contributed by atoms with Gasteiger partial charge >= 0.3 is 0 Å². The number of carbonyl (C=O) groups excluding carboxylic acids is 2. The Morgan fingerprint density at radius 2 is 2.00 bits per heavy atom. The van der Waals surface area contributed by atoms with Crippen LogP contribution in [0.1, 0.15) is 24.2 Å². The molecular weight excluding hydrogens is 237 g/mol. The van der Waals surface area contributed by atoms with Gasteiger partial charge in [-0.25, -0.2) is 4.39 Å². The van der Waals surface area contributed by atoms with E-state index in [1.54, 1.807) is 13.8 Å². The lowest BCUT2D eigenvalue weighted by atomic mass is 9.92. The quantitative estimate of drug-likeness (QED) is 0.687. The van der Waals surface area contributed by atoms with Gasteiger partial charge in [-0.1, -0.05) is 0 Å². The van der Waals surface area contributed by atoms with E-state index in [1.165, 1.54) is 12.1 Å². The number of amides is 2. The molecule has 0 unspecified atom stereocenters. The number of halogens is 1. The first-order valence-corrected chi connectivity index (χ1v) is 5.37. The normalized spacial score (nSPS) is 11.1. The average molecular weight is 253 g/mol. The summed E-state index contributed by atoms with van der Waals surface area (Å²) >= 11 is 0. The molecule has 0 radical (unpaired) electrons. The van der Waals surface area contributed by atoms with E-state index in [1.807, 2.05) is 0 Å². The predicted molar refractivity (Wildman–Crippen MR) is 66.1 cm³/mol. The third-order valence-corrected chi connectivity index (χ3v) is 2.60. The van der Waals surface area contributed by atoms with Crippen molar-refractivity contribution in [3.63, 3.8) is 0 Å². The molecule has 0 aliphatic rings. The molecule has 0 aromatic heterocycles. The van der Waals surface area contributed by atoms with Crippen LogP contribution in [-0.2, 0) is 4.79 Å². The Hall–Kier alpha value is -2.11. The highest BCUT2D eigenvalue weighted by Gasteiger charge is 2.26. The molecule has 1 aromatic rings. The molecule has 0 saturated heterocycles. The lowest BCUT2D eigenvalue weighted by molar-refractivity contribution is -0.125. The van der Waals surface area contributed by atoms with E-state index in [-0.39, 0.29) is 17.8 Å². The number of benzene rings is 1. The first-order chi connectivity index (χ1) is 8.24. The second kappa shape index (κ2) is 5.03. The number of primary amides is 1. The van der Waals surface area contributed by atoms with Crippen molar-refractivity contribution in [3.05, 3.63) is 29.6 Å². The summed E-state index contributed by atoms with van der Waals surface area (Å²) in [5.74, 6) is -1.85. The number of carbonyl (C=O) groups is 2. The van der Waals surface area contributed by atoms with Crippen LogP contribution in [0, 0.1) is 11.2 Å². The molecule has 1 rings (SSSR count). The molecule has 18 heavy (non-hydrogen) atoms. The van der Waals surface area contributed by atoms with E-state index < -0.39 is 23.0 Å². The number of hydrogen-bond acceptors (Lipinski definition) is 3. The second-order valence-electron chi connectivity index (χ2n) is 4.67. The Morgan fingerprint density at radius 3 is 2.50 bits per heavy atom. The minimum absolute atomic E-state index is 0.0327. The van der Waals surface area contributed by atoms with Crippen molar-refractivity contribution >= 4 is 17.5 Å². The zero-order valence-electron chi connectivity index (χ0n) is 10.3. The highest BCUT2D eigenvalue weighted by molar-refractivity contribution is 5.95. The summed E-state index contributed by atoms with van der Waals surface area (Å²) in [5, 5.41) is 2.46. The van der Waals surface area contributed by atoms with Gasteiger partial charge in [0.1, 0.15) is 5.82 Å². The van der Waals surface area contributed by atoms with Crippen LogP contribution in [0.4, 0.5) is 10.1 Å². The molecular formula is C12H16FN3O2. The van der Waals surface area contributed by atoms with Gasteiger partial charge in [-0.3, -0.25) is 9.59 Å². The van der Waals surface area contributed by atoms with Crippen molar-refractivity contribution in [2.75, 3.05) is 12.3 Å². The third-order valence-electron chi connectivity index (χ3n) is 2.60. The smallest absolute Gasteiger partial charge is 0.254 e. The Labute approximate surface area is 104 Å². The molecule has 0 saturated carbocycles. The van der Waals surface area contributed by atoms with Gasteiger partial charge in [-0.05, 0) is 32.0 Å². The maximum Gasteiger partial charge on any atom is 0.254 e. The molecule has 0 spiro atoms. The molecule has 2 amide bonds. The van der Waals surface area contributed by atoms with E-state index >= 15 is 0 Å². The van der Waals surface area contributed by atoms with Gasteiger partial charge in [-0.2, -0.15) is 0 Å². The number of rotatable bonds is 4. The zero-order valence-corrected chi connectivity index (χ0v) is 10.3. The maximum atomic E-state index is 13.4. The highest BCUT2D eigenvalue weighted by Crippen LogP contribution is 2.14. The van der Waals surface area contributed by atoms with Gasteiger partial charge in [0, 0.05) is 12.2 Å². The maximum absolute atomic E-state index is 13.4. The van der Waals surface area contributed by atoms with Crippen molar-refractivity contribution in [2.24, 2.45) is 11.1 Å².